The second-order valence-corrected chi connectivity index (χ2v) is 6.71. The first-order valence-corrected chi connectivity index (χ1v) is 7.83. The van der Waals surface area contributed by atoms with Gasteiger partial charge in [-0.2, -0.15) is 0 Å². The summed E-state index contributed by atoms with van der Waals surface area (Å²) < 4.78 is 29.2. The lowest BCUT2D eigenvalue weighted by Gasteiger charge is -2.15. The molecule has 2 atom stereocenters. The van der Waals surface area contributed by atoms with Gasteiger partial charge in [-0.15, -0.1) is 0 Å². The molecule has 1 aliphatic heterocycles. The molecule has 0 amide bonds. The molecular weight excluding hydrogens is 226 g/mol. The van der Waals surface area contributed by atoms with E-state index in [1.54, 1.807) is 0 Å². The van der Waals surface area contributed by atoms with Crippen LogP contribution in [0.4, 0.5) is 0 Å². The van der Waals surface area contributed by atoms with Gasteiger partial charge in [-0.3, -0.25) is 0 Å². The Bertz CT molecular complexity index is 290. The number of ether oxygens (including phenoxy) is 1. The molecule has 0 aromatic rings. The Morgan fingerprint density at radius 3 is 2.69 bits per heavy atom. The van der Waals surface area contributed by atoms with Crippen LogP contribution in [0, 0.1) is 0 Å². The van der Waals surface area contributed by atoms with Gasteiger partial charge in [0.05, 0.1) is 17.1 Å². The topological polar surface area (TPSA) is 55.4 Å². The highest BCUT2D eigenvalue weighted by atomic mass is 32.2. The standard InChI is InChI=1S/C11H23NO3S/c1-3-4-6-12-7-9-16(13,14)11-5-8-15-10(11)2/h10-12H,3-9H2,1-2H3. The van der Waals surface area contributed by atoms with Crippen LogP contribution in [0.25, 0.3) is 0 Å². The molecule has 1 heterocycles. The average Bonchev–Trinajstić information content (AvgIpc) is 2.65. The fraction of sp³-hybridized carbons (Fsp3) is 1.00. The smallest absolute Gasteiger partial charge is 0.157 e. The van der Waals surface area contributed by atoms with Gasteiger partial charge in [0.15, 0.2) is 9.84 Å². The molecule has 0 spiro atoms. The van der Waals surface area contributed by atoms with Crippen LogP contribution in [0.3, 0.4) is 0 Å². The molecule has 1 fully saturated rings. The van der Waals surface area contributed by atoms with Gasteiger partial charge >= 0.3 is 0 Å². The Balaban J connectivity index is 2.29. The minimum absolute atomic E-state index is 0.138. The van der Waals surface area contributed by atoms with Crippen LogP contribution in [0.15, 0.2) is 0 Å². The van der Waals surface area contributed by atoms with E-state index < -0.39 is 9.84 Å². The van der Waals surface area contributed by atoms with Crippen molar-refractivity contribution in [1.29, 1.82) is 0 Å². The van der Waals surface area contributed by atoms with Crippen LogP contribution in [0.1, 0.15) is 33.1 Å². The minimum Gasteiger partial charge on any atom is -0.377 e. The van der Waals surface area contributed by atoms with Crippen molar-refractivity contribution in [2.45, 2.75) is 44.5 Å². The van der Waals surface area contributed by atoms with E-state index >= 15 is 0 Å². The predicted molar refractivity (Wildman–Crippen MR) is 65.4 cm³/mol. The maximum atomic E-state index is 12.0. The van der Waals surface area contributed by atoms with E-state index in [4.69, 9.17) is 4.74 Å². The fourth-order valence-corrected chi connectivity index (χ4v) is 3.83. The van der Waals surface area contributed by atoms with Gasteiger partial charge in [-0.1, -0.05) is 13.3 Å². The molecule has 0 radical (unpaired) electrons. The first kappa shape index (κ1) is 13.9. The zero-order chi connectivity index (χ0) is 12.0. The van der Waals surface area contributed by atoms with Crippen molar-refractivity contribution < 1.29 is 13.2 Å². The number of rotatable bonds is 7. The molecule has 5 heteroatoms. The monoisotopic (exact) mass is 249 g/mol. The fourth-order valence-electron chi connectivity index (χ4n) is 1.98. The Morgan fingerprint density at radius 1 is 1.38 bits per heavy atom. The van der Waals surface area contributed by atoms with E-state index in [-0.39, 0.29) is 17.1 Å². The summed E-state index contributed by atoms with van der Waals surface area (Å²) in [5.41, 5.74) is 0. The Kier molecular flexibility index (Phi) is 5.72. The first-order valence-electron chi connectivity index (χ1n) is 6.12. The summed E-state index contributed by atoms with van der Waals surface area (Å²) in [5, 5.41) is 2.87. The lowest BCUT2D eigenvalue weighted by atomic mass is 10.3. The first-order chi connectivity index (χ1) is 7.58. The molecule has 0 aromatic heterocycles. The zero-order valence-corrected chi connectivity index (χ0v) is 11.1. The van der Waals surface area contributed by atoms with Gasteiger partial charge in [0, 0.05) is 13.2 Å². The van der Waals surface area contributed by atoms with Crippen molar-refractivity contribution >= 4 is 9.84 Å². The predicted octanol–water partition coefficient (Wildman–Crippen LogP) is 0.968. The Morgan fingerprint density at radius 2 is 2.12 bits per heavy atom. The number of hydrogen-bond donors (Lipinski definition) is 1. The molecule has 4 nitrogen and oxygen atoms in total. The van der Waals surface area contributed by atoms with Crippen molar-refractivity contribution in [3.8, 4) is 0 Å². The summed E-state index contributed by atoms with van der Waals surface area (Å²) >= 11 is 0. The van der Waals surface area contributed by atoms with Gasteiger partial charge in [-0.05, 0) is 26.3 Å². The summed E-state index contributed by atoms with van der Waals surface area (Å²) in [6.07, 6.45) is 2.75. The Labute approximate surface area is 98.7 Å². The summed E-state index contributed by atoms with van der Waals surface area (Å²) in [5.74, 6) is 0.231. The summed E-state index contributed by atoms with van der Waals surface area (Å²) in [6.45, 7) is 6.01. The molecular formula is C11H23NO3S. The van der Waals surface area contributed by atoms with Gasteiger partial charge in [0.1, 0.15) is 0 Å². The lowest BCUT2D eigenvalue weighted by molar-refractivity contribution is 0.126. The summed E-state index contributed by atoms with van der Waals surface area (Å²) in [7, 11) is -2.98. The molecule has 1 aliphatic rings. The molecule has 0 aliphatic carbocycles. The second kappa shape index (κ2) is 6.57. The van der Waals surface area contributed by atoms with E-state index in [9.17, 15) is 8.42 Å². The third-order valence-corrected chi connectivity index (χ3v) is 5.35. The maximum absolute atomic E-state index is 12.0. The third kappa shape index (κ3) is 4.03. The molecule has 1 rings (SSSR count). The molecule has 1 saturated heterocycles. The van der Waals surface area contributed by atoms with Gasteiger partial charge in [-0.25, -0.2) is 8.42 Å². The zero-order valence-electron chi connectivity index (χ0n) is 10.2. The normalized spacial score (nSPS) is 26.1. The molecule has 0 bridgehead atoms. The van der Waals surface area contributed by atoms with E-state index in [1.165, 1.54) is 0 Å². The van der Waals surface area contributed by atoms with Crippen molar-refractivity contribution in [3.63, 3.8) is 0 Å². The van der Waals surface area contributed by atoms with Crippen LogP contribution in [0.2, 0.25) is 0 Å². The highest BCUT2D eigenvalue weighted by Gasteiger charge is 2.34. The number of sulfone groups is 1. The third-order valence-electron chi connectivity index (χ3n) is 3.04. The molecule has 96 valence electrons. The average molecular weight is 249 g/mol. The highest BCUT2D eigenvalue weighted by molar-refractivity contribution is 7.92. The Hall–Kier alpha value is -0.130. The number of nitrogens with one attached hydrogen (secondary N) is 1. The SMILES string of the molecule is CCCCNCCS(=O)(=O)C1CCOC1C. The molecule has 0 aromatic carbocycles. The van der Waals surface area contributed by atoms with Crippen LogP contribution < -0.4 is 5.32 Å². The molecule has 2 unspecified atom stereocenters. The molecule has 0 saturated carbocycles. The van der Waals surface area contributed by atoms with E-state index in [0.29, 0.717) is 19.6 Å². The van der Waals surface area contributed by atoms with Crippen molar-refractivity contribution in [2.75, 3.05) is 25.4 Å². The van der Waals surface area contributed by atoms with Gasteiger partial charge in [0.25, 0.3) is 0 Å². The van der Waals surface area contributed by atoms with Crippen LogP contribution >= 0.6 is 0 Å². The van der Waals surface area contributed by atoms with E-state index in [0.717, 1.165) is 19.4 Å². The van der Waals surface area contributed by atoms with E-state index in [2.05, 4.69) is 12.2 Å². The second-order valence-electron chi connectivity index (χ2n) is 4.37. The lowest BCUT2D eigenvalue weighted by Crippen LogP contribution is -2.34. The number of hydrogen-bond acceptors (Lipinski definition) is 4. The minimum atomic E-state index is -2.98. The molecule has 16 heavy (non-hydrogen) atoms. The summed E-state index contributed by atoms with van der Waals surface area (Å²) in [4.78, 5) is 0. The quantitative estimate of drug-likeness (QED) is 0.683. The largest absolute Gasteiger partial charge is 0.377 e. The van der Waals surface area contributed by atoms with Crippen molar-refractivity contribution in [1.82, 2.24) is 5.32 Å². The van der Waals surface area contributed by atoms with E-state index in [1.807, 2.05) is 6.92 Å². The van der Waals surface area contributed by atoms with Crippen LogP contribution in [-0.4, -0.2) is 45.2 Å². The highest BCUT2D eigenvalue weighted by Crippen LogP contribution is 2.21. The van der Waals surface area contributed by atoms with Crippen LogP contribution in [-0.2, 0) is 14.6 Å². The van der Waals surface area contributed by atoms with Crippen LogP contribution in [0.5, 0.6) is 0 Å². The van der Waals surface area contributed by atoms with Crippen molar-refractivity contribution in [2.24, 2.45) is 0 Å². The van der Waals surface area contributed by atoms with Gasteiger partial charge in [0.2, 0.25) is 0 Å². The van der Waals surface area contributed by atoms with Gasteiger partial charge < -0.3 is 10.1 Å². The number of unbranched alkanes of at least 4 members (excludes halogenated alkanes) is 1. The molecule has 1 N–H and O–H groups in total. The van der Waals surface area contributed by atoms with Crippen molar-refractivity contribution in [3.05, 3.63) is 0 Å². The summed E-state index contributed by atoms with van der Waals surface area (Å²) in [6, 6.07) is 0. The maximum Gasteiger partial charge on any atom is 0.157 e.